The number of rotatable bonds is 9. The van der Waals surface area contributed by atoms with Crippen molar-refractivity contribution in [1.29, 1.82) is 0 Å². The first-order valence-electron chi connectivity index (χ1n) is 6.83. The van der Waals surface area contributed by atoms with Gasteiger partial charge in [-0.15, -0.1) is 0 Å². The van der Waals surface area contributed by atoms with E-state index in [1.807, 2.05) is 0 Å². The third-order valence-corrected chi connectivity index (χ3v) is 2.96. The maximum atomic E-state index is 11.7. The molecular formula is C16H18O7. The average Bonchev–Trinajstić information content (AvgIpc) is 2.51. The second-order valence-electron chi connectivity index (χ2n) is 4.62. The Kier molecular flexibility index (Phi) is 7.49. The van der Waals surface area contributed by atoms with Gasteiger partial charge in [-0.1, -0.05) is 30.3 Å². The topological polar surface area (TPSA) is 110 Å². The zero-order chi connectivity index (χ0) is 17.2. The molecule has 1 unspecified atom stereocenters. The molecule has 1 aromatic rings. The van der Waals surface area contributed by atoms with E-state index < -0.39 is 30.2 Å². The number of carboxylic acids is 2. The Labute approximate surface area is 133 Å². The lowest BCUT2D eigenvalue weighted by Crippen LogP contribution is -2.25. The van der Waals surface area contributed by atoms with Gasteiger partial charge in [-0.25, -0.2) is 4.79 Å². The molecule has 1 rings (SSSR count). The zero-order valence-corrected chi connectivity index (χ0v) is 12.6. The first-order chi connectivity index (χ1) is 11.0. The number of hydrogen-bond acceptors (Lipinski definition) is 5. The summed E-state index contributed by atoms with van der Waals surface area (Å²) in [5.74, 6) is -5.10. The van der Waals surface area contributed by atoms with Crippen molar-refractivity contribution in [2.75, 3.05) is 20.3 Å². The van der Waals surface area contributed by atoms with Crippen molar-refractivity contribution in [3.8, 4) is 0 Å². The number of carbonyl (C=O) groups is 3. The molecular weight excluding hydrogens is 304 g/mol. The number of hydrogen-bond donors (Lipinski definition) is 2. The minimum absolute atomic E-state index is 0.0214. The summed E-state index contributed by atoms with van der Waals surface area (Å²) >= 11 is 0. The van der Waals surface area contributed by atoms with Gasteiger partial charge in [-0.05, 0) is 11.6 Å². The van der Waals surface area contributed by atoms with Gasteiger partial charge >= 0.3 is 17.9 Å². The molecule has 0 spiro atoms. The van der Waals surface area contributed by atoms with Gasteiger partial charge in [0.1, 0.15) is 6.61 Å². The lowest BCUT2D eigenvalue weighted by atomic mass is 9.93. The molecule has 1 aromatic carbocycles. The summed E-state index contributed by atoms with van der Waals surface area (Å²) in [5, 5.41) is 18.5. The molecule has 0 saturated carbocycles. The van der Waals surface area contributed by atoms with E-state index in [-0.39, 0.29) is 18.8 Å². The standard InChI is InChI=1S/C16H18O7/c1-22-7-8-23-14(17)10-13(16(20)21)12(15(18)19)9-11-5-3-2-4-6-11/h2-6,9,13H,7-8,10H2,1H3,(H,18,19)(H,20,21). The first-order valence-corrected chi connectivity index (χ1v) is 6.83. The molecule has 0 aromatic heterocycles. The Morgan fingerprint density at radius 3 is 2.30 bits per heavy atom. The fraction of sp³-hybridized carbons (Fsp3) is 0.312. The highest BCUT2D eigenvalue weighted by molar-refractivity contribution is 5.99. The molecule has 0 aliphatic heterocycles. The summed E-state index contributed by atoms with van der Waals surface area (Å²) in [4.78, 5) is 34.4. The summed E-state index contributed by atoms with van der Waals surface area (Å²) in [7, 11) is 1.43. The number of carbonyl (C=O) groups excluding carboxylic acids is 1. The fourth-order valence-electron chi connectivity index (χ4n) is 1.83. The second-order valence-corrected chi connectivity index (χ2v) is 4.62. The molecule has 0 aliphatic rings. The van der Waals surface area contributed by atoms with Crippen LogP contribution in [-0.4, -0.2) is 48.4 Å². The molecule has 7 heteroatoms. The van der Waals surface area contributed by atoms with Crippen LogP contribution in [0.15, 0.2) is 35.9 Å². The Morgan fingerprint density at radius 1 is 1.13 bits per heavy atom. The van der Waals surface area contributed by atoms with Crippen LogP contribution in [-0.2, 0) is 23.9 Å². The van der Waals surface area contributed by atoms with Crippen molar-refractivity contribution in [2.24, 2.45) is 5.92 Å². The van der Waals surface area contributed by atoms with Crippen LogP contribution in [0, 0.1) is 5.92 Å². The normalized spacial score (nSPS) is 12.5. The van der Waals surface area contributed by atoms with E-state index >= 15 is 0 Å². The van der Waals surface area contributed by atoms with Crippen molar-refractivity contribution in [3.05, 3.63) is 41.5 Å². The molecule has 0 radical (unpaired) electrons. The van der Waals surface area contributed by atoms with Crippen molar-refractivity contribution in [2.45, 2.75) is 6.42 Å². The summed E-state index contributed by atoms with van der Waals surface area (Å²) in [5.41, 5.74) is 0.149. The minimum atomic E-state index is -1.50. The van der Waals surface area contributed by atoms with Gasteiger partial charge in [0.15, 0.2) is 0 Å². The van der Waals surface area contributed by atoms with Crippen molar-refractivity contribution in [1.82, 2.24) is 0 Å². The highest BCUT2D eigenvalue weighted by Gasteiger charge is 2.30. The lowest BCUT2D eigenvalue weighted by molar-refractivity contribution is -0.152. The van der Waals surface area contributed by atoms with E-state index in [0.29, 0.717) is 5.56 Å². The van der Waals surface area contributed by atoms with Gasteiger partial charge < -0.3 is 19.7 Å². The molecule has 7 nitrogen and oxygen atoms in total. The Bertz CT molecular complexity index is 577. The predicted octanol–water partition coefficient (Wildman–Crippen LogP) is 1.44. The van der Waals surface area contributed by atoms with E-state index in [2.05, 4.69) is 0 Å². The first kappa shape index (κ1) is 18.4. The van der Waals surface area contributed by atoms with Gasteiger partial charge in [0.05, 0.1) is 24.5 Å². The van der Waals surface area contributed by atoms with E-state index in [0.717, 1.165) is 0 Å². The average molecular weight is 322 g/mol. The Hall–Kier alpha value is -2.67. The summed E-state index contributed by atoms with van der Waals surface area (Å²) in [6.07, 6.45) is 0.674. The maximum Gasteiger partial charge on any atom is 0.332 e. The second kappa shape index (κ2) is 9.37. The molecule has 0 amide bonds. The molecule has 0 bridgehead atoms. The Morgan fingerprint density at radius 2 is 1.78 bits per heavy atom. The van der Waals surface area contributed by atoms with Crippen molar-refractivity contribution in [3.63, 3.8) is 0 Å². The van der Waals surface area contributed by atoms with Gasteiger partial charge in [-0.2, -0.15) is 0 Å². The highest BCUT2D eigenvalue weighted by atomic mass is 16.6. The number of ether oxygens (including phenoxy) is 2. The van der Waals surface area contributed by atoms with Crippen LogP contribution in [0.2, 0.25) is 0 Å². The number of aliphatic carboxylic acids is 2. The van der Waals surface area contributed by atoms with Gasteiger partial charge in [0.2, 0.25) is 0 Å². The van der Waals surface area contributed by atoms with Crippen LogP contribution in [0.4, 0.5) is 0 Å². The largest absolute Gasteiger partial charge is 0.481 e. The van der Waals surface area contributed by atoms with Crippen LogP contribution in [0.25, 0.3) is 6.08 Å². The van der Waals surface area contributed by atoms with Gasteiger partial charge in [0.25, 0.3) is 0 Å². The van der Waals surface area contributed by atoms with Crippen LogP contribution < -0.4 is 0 Å². The number of esters is 1. The maximum absolute atomic E-state index is 11.7. The lowest BCUT2D eigenvalue weighted by Gasteiger charge is -2.13. The van der Waals surface area contributed by atoms with Crippen LogP contribution >= 0.6 is 0 Å². The molecule has 0 heterocycles. The van der Waals surface area contributed by atoms with E-state index in [1.54, 1.807) is 30.3 Å². The SMILES string of the molecule is COCCOC(=O)CC(C(=O)O)C(=Cc1ccccc1)C(=O)O. The van der Waals surface area contributed by atoms with E-state index in [9.17, 15) is 24.6 Å². The smallest absolute Gasteiger partial charge is 0.332 e. The number of benzene rings is 1. The van der Waals surface area contributed by atoms with E-state index in [1.165, 1.54) is 13.2 Å². The summed E-state index contributed by atoms with van der Waals surface area (Å²) < 4.78 is 9.51. The predicted molar refractivity (Wildman–Crippen MR) is 80.6 cm³/mol. The Balaban J connectivity index is 2.95. The zero-order valence-electron chi connectivity index (χ0n) is 12.6. The van der Waals surface area contributed by atoms with Crippen LogP contribution in [0.5, 0.6) is 0 Å². The van der Waals surface area contributed by atoms with Crippen molar-refractivity contribution < 1.29 is 34.1 Å². The summed E-state index contributed by atoms with van der Waals surface area (Å²) in [6.45, 7) is 0.154. The fourth-order valence-corrected chi connectivity index (χ4v) is 1.83. The monoisotopic (exact) mass is 322 g/mol. The third-order valence-electron chi connectivity index (χ3n) is 2.96. The van der Waals surface area contributed by atoms with E-state index in [4.69, 9.17) is 9.47 Å². The van der Waals surface area contributed by atoms with Crippen LogP contribution in [0.3, 0.4) is 0 Å². The molecule has 0 aliphatic carbocycles. The summed E-state index contributed by atoms with van der Waals surface area (Å²) in [6, 6.07) is 8.41. The minimum Gasteiger partial charge on any atom is -0.481 e. The van der Waals surface area contributed by atoms with Gasteiger partial charge in [-0.3, -0.25) is 9.59 Å². The van der Waals surface area contributed by atoms with Crippen molar-refractivity contribution >= 4 is 24.0 Å². The number of methoxy groups -OCH3 is 1. The van der Waals surface area contributed by atoms with Gasteiger partial charge in [0, 0.05) is 7.11 Å². The van der Waals surface area contributed by atoms with Crippen LogP contribution in [0.1, 0.15) is 12.0 Å². The molecule has 1 atom stereocenters. The highest BCUT2D eigenvalue weighted by Crippen LogP contribution is 2.20. The molecule has 0 fully saturated rings. The number of carboxylic acid groups (broad SMARTS) is 2. The quantitative estimate of drug-likeness (QED) is 0.402. The molecule has 0 saturated heterocycles. The molecule has 23 heavy (non-hydrogen) atoms. The molecule has 2 N–H and O–H groups in total. The third kappa shape index (κ3) is 6.31. The molecule has 124 valence electrons.